The first kappa shape index (κ1) is 16.0. The summed E-state index contributed by atoms with van der Waals surface area (Å²) in [6.45, 7) is 0. The van der Waals surface area contributed by atoms with Crippen LogP contribution in [0.4, 0.5) is 5.69 Å². The van der Waals surface area contributed by atoms with Gasteiger partial charge in [0.25, 0.3) is 10.0 Å². The first-order valence-electron chi connectivity index (χ1n) is 5.61. The summed E-state index contributed by atoms with van der Waals surface area (Å²) in [5.41, 5.74) is 0.153. The fourth-order valence-electron chi connectivity index (χ4n) is 1.57. The SMILES string of the molecule is O=C(O)c1ccc(Br)c(NS(=O)(=O)c2cccc(Br)c2)c1. The normalized spacial score (nSPS) is 11.1. The molecule has 0 fully saturated rings. The number of hydrogen-bond donors (Lipinski definition) is 2. The van der Waals surface area contributed by atoms with Crippen LogP contribution in [0.1, 0.15) is 10.4 Å². The predicted octanol–water partition coefficient (Wildman–Crippen LogP) is 3.71. The molecule has 0 spiro atoms. The summed E-state index contributed by atoms with van der Waals surface area (Å²) in [6.07, 6.45) is 0. The number of carboxylic acid groups (broad SMARTS) is 1. The smallest absolute Gasteiger partial charge is 0.335 e. The second-order valence-corrected chi connectivity index (χ2v) is 7.52. The molecule has 21 heavy (non-hydrogen) atoms. The molecule has 2 aromatic rings. The van der Waals surface area contributed by atoms with Gasteiger partial charge in [0, 0.05) is 8.95 Å². The molecule has 0 amide bonds. The molecule has 8 heteroatoms. The Bertz CT molecular complexity index is 806. The Morgan fingerprint density at radius 1 is 1.10 bits per heavy atom. The van der Waals surface area contributed by atoms with Gasteiger partial charge in [-0.3, -0.25) is 4.72 Å². The third-order valence-electron chi connectivity index (χ3n) is 2.56. The summed E-state index contributed by atoms with van der Waals surface area (Å²) in [5, 5.41) is 8.95. The summed E-state index contributed by atoms with van der Waals surface area (Å²) in [4.78, 5) is 11.0. The maximum Gasteiger partial charge on any atom is 0.335 e. The highest BCUT2D eigenvalue weighted by atomic mass is 79.9. The monoisotopic (exact) mass is 433 g/mol. The molecule has 2 rings (SSSR count). The van der Waals surface area contributed by atoms with E-state index < -0.39 is 16.0 Å². The van der Waals surface area contributed by atoms with Gasteiger partial charge in [-0.1, -0.05) is 22.0 Å². The molecular formula is C13H9Br2NO4S. The van der Waals surface area contributed by atoms with Crippen LogP contribution in [0.25, 0.3) is 0 Å². The van der Waals surface area contributed by atoms with Crippen LogP contribution < -0.4 is 4.72 Å². The van der Waals surface area contributed by atoms with Gasteiger partial charge in [0.15, 0.2) is 0 Å². The van der Waals surface area contributed by atoms with Crippen molar-refractivity contribution < 1.29 is 18.3 Å². The summed E-state index contributed by atoms with van der Waals surface area (Å²) < 4.78 is 28.0. The lowest BCUT2D eigenvalue weighted by molar-refractivity contribution is 0.0697. The number of hydrogen-bond acceptors (Lipinski definition) is 3. The van der Waals surface area contributed by atoms with Gasteiger partial charge in [0.2, 0.25) is 0 Å². The van der Waals surface area contributed by atoms with Gasteiger partial charge in [-0.05, 0) is 52.3 Å². The molecule has 2 aromatic carbocycles. The fourth-order valence-corrected chi connectivity index (χ4v) is 3.72. The maximum absolute atomic E-state index is 12.3. The molecule has 0 radical (unpaired) electrons. The Balaban J connectivity index is 2.41. The van der Waals surface area contributed by atoms with Crippen LogP contribution in [0, 0.1) is 0 Å². The molecule has 0 aromatic heterocycles. The molecule has 0 saturated carbocycles. The van der Waals surface area contributed by atoms with Crippen molar-refractivity contribution in [3.05, 3.63) is 57.0 Å². The largest absolute Gasteiger partial charge is 0.478 e. The number of aromatic carboxylic acids is 1. The maximum atomic E-state index is 12.3. The number of nitrogens with one attached hydrogen (secondary N) is 1. The Labute approximate surface area is 138 Å². The Kier molecular flexibility index (Phi) is 4.70. The minimum atomic E-state index is -3.80. The third kappa shape index (κ3) is 3.84. The Morgan fingerprint density at radius 2 is 1.81 bits per heavy atom. The molecule has 0 bridgehead atoms. The minimum absolute atomic E-state index is 0.00913. The van der Waals surface area contributed by atoms with E-state index in [-0.39, 0.29) is 16.1 Å². The van der Waals surface area contributed by atoms with Gasteiger partial charge in [-0.15, -0.1) is 0 Å². The van der Waals surface area contributed by atoms with E-state index in [9.17, 15) is 13.2 Å². The van der Waals surface area contributed by atoms with Gasteiger partial charge in [-0.2, -0.15) is 0 Å². The Morgan fingerprint density at radius 3 is 2.43 bits per heavy atom. The molecular weight excluding hydrogens is 426 g/mol. The van der Waals surface area contributed by atoms with Crippen molar-refractivity contribution in [3.8, 4) is 0 Å². The topological polar surface area (TPSA) is 83.5 Å². The van der Waals surface area contributed by atoms with Crippen LogP contribution in [-0.4, -0.2) is 19.5 Å². The number of sulfonamides is 1. The van der Waals surface area contributed by atoms with E-state index in [4.69, 9.17) is 5.11 Å². The zero-order valence-electron chi connectivity index (χ0n) is 10.4. The van der Waals surface area contributed by atoms with Gasteiger partial charge < -0.3 is 5.11 Å². The van der Waals surface area contributed by atoms with Crippen molar-refractivity contribution in [2.45, 2.75) is 4.90 Å². The van der Waals surface area contributed by atoms with Gasteiger partial charge >= 0.3 is 5.97 Å². The number of carboxylic acids is 1. The highest BCUT2D eigenvalue weighted by molar-refractivity contribution is 9.10. The van der Waals surface area contributed by atoms with Crippen molar-refractivity contribution in [1.29, 1.82) is 0 Å². The standard InChI is InChI=1S/C13H9Br2NO4S/c14-9-2-1-3-10(7-9)21(19,20)16-12-6-8(13(17)18)4-5-11(12)15/h1-7,16H,(H,17,18). The second kappa shape index (κ2) is 6.17. The van der Waals surface area contributed by atoms with E-state index in [0.717, 1.165) is 0 Å². The van der Waals surface area contributed by atoms with Crippen molar-refractivity contribution >= 4 is 53.5 Å². The van der Waals surface area contributed by atoms with Crippen LogP contribution in [0.3, 0.4) is 0 Å². The Hall–Kier alpha value is -1.38. The zero-order valence-corrected chi connectivity index (χ0v) is 14.4. The molecule has 0 aliphatic heterocycles. The van der Waals surface area contributed by atoms with E-state index in [2.05, 4.69) is 36.6 Å². The van der Waals surface area contributed by atoms with E-state index in [1.54, 1.807) is 12.1 Å². The highest BCUT2D eigenvalue weighted by Crippen LogP contribution is 2.27. The van der Waals surface area contributed by atoms with Crippen LogP contribution in [0.15, 0.2) is 56.3 Å². The van der Waals surface area contributed by atoms with E-state index >= 15 is 0 Å². The van der Waals surface area contributed by atoms with Crippen LogP contribution in [0.5, 0.6) is 0 Å². The molecule has 0 aliphatic carbocycles. The number of anilines is 1. The lowest BCUT2D eigenvalue weighted by atomic mass is 10.2. The van der Waals surface area contributed by atoms with Crippen LogP contribution >= 0.6 is 31.9 Å². The number of carbonyl (C=O) groups is 1. The highest BCUT2D eigenvalue weighted by Gasteiger charge is 2.17. The van der Waals surface area contributed by atoms with Crippen LogP contribution in [-0.2, 0) is 10.0 Å². The molecule has 0 aliphatic rings. The molecule has 0 saturated heterocycles. The molecule has 5 nitrogen and oxygen atoms in total. The molecule has 0 heterocycles. The minimum Gasteiger partial charge on any atom is -0.478 e. The fraction of sp³-hybridized carbons (Fsp3) is 0. The summed E-state index contributed by atoms with van der Waals surface area (Å²) in [6, 6.07) is 10.3. The first-order valence-corrected chi connectivity index (χ1v) is 8.68. The number of rotatable bonds is 4. The zero-order chi connectivity index (χ0) is 15.6. The quantitative estimate of drug-likeness (QED) is 0.768. The van der Waals surface area contributed by atoms with Crippen molar-refractivity contribution in [2.24, 2.45) is 0 Å². The van der Waals surface area contributed by atoms with Gasteiger partial charge in [0.05, 0.1) is 16.1 Å². The second-order valence-electron chi connectivity index (χ2n) is 4.06. The molecule has 0 atom stereocenters. The average molecular weight is 435 g/mol. The third-order valence-corrected chi connectivity index (χ3v) is 5.11. The predicted molar refractivity (Wildman–Crippen MR) is 86.1 cm³/mol. The van der Waals surface area contributed by atoms with Gasteiger partial charge in [-0.25, -0.2) is 13.2 Å². The average Bonchev–Trinajstić information content (AvgIpc) is 2.41. The van der Waals surface area contributed by atoms with Gasteiger partial charge in [0.1, 0.15) is 0 Å². The summed E-state index contributed by atoms with van der Waals surface area (Å²) in [5.74, 6) is -1.13. The van der Waals surface area contributed by atoms with E-state index in [0.29, 0.717) is 8.95 Å². The lowest BCUT2D eigenvalue weighted by Crippen LogP contribution is -2.14. The van der Waals surface area contributed by atoms with Crippen molar-refractivity contribution in [2.75, 3.05) is 4.72 Å². The molecule has 2 N–H and O–H groups in total. The van der Waals surface area contributed by atoms with Crippen LogP contribution in [0.2, 0.25) is 0 Å². The number of benzene rings is 2. The first-order chi connectivity index (χ1) is 9.79. The number of halogens is 2. The lowest BCUT2D eigenvalue weighted by Gasteiger charge is -2.10. The summed E-state index contributed by atoms with van der Waals surface area (Å²) in [7, 11) is -3.80. The summed E-state index contributed by atoms with van der Waals surface area (Å²) >= 11 is 6.40. The molecule has 0 unspecified atom stereocenters. The van der Waals surface area contributed by atoms with E-state index in [1.165, 1.54) is 30.3 Å². The molecule has 110 valence electrons. The van der Waals surface area contributed by atoms with Crippen molar-refractivity contribution in [3.63, 3.8) is 0 Å². The van der Waals surface area contributed by atoms with Crippen molar-refractivity contribution in [1.82, 2.24) is 0 Å². The van der Waals surface area contributed by atoms with E-state index in [1.807, 2.05) is 0 Å².